The van der Waals surface area contributed by atoms with E-state index < -0.39 is 17.4 Å². The smallest absolute Gasteiger partial charge is 0.313 e. The summed E-state index contributed by atoms with van der Waals surface area (Å²) in [5.41, 5.74) is 3.14. The molecule has 0 aliphatic heterocycles. The van der Waals surface area contributed by atoms with Crippen LogP contribution in [0.4, 0.5) is 5.69 Å². The second-order valence-corrected chi connectivity index (χ2v) is 6.97. The number of ether oxygens (including phenoxy) is 1. The molecule has 0 bridgehead atoms. The number of rotatable bonds is 4. The van der Waals surface area contributed by atoms with Crippen molar-refractivity contribution >= 4 is 29.1 Å². The molecule has 2 aromatic carbocycles. The van der Waals surface area contributed by atoms with Gasteiger partial charge in [0, 0.05) is 37.2 Å². The second-order valence-electron chi connectivity index (χ2n) is 6.56. The molecule has 1 aliphatic carbocycles. The Morgan fingerprint density at radius 3 is 2.35 bits per heavy atom. The standard InChI is InChI=1S/C20H21ClN2O3/c1-13-16(21)8-5-9-17(13)23-19(25)18(24)22-12-20(26-2)10-14-6-3-4-7-15(14)11-20/h3-9H,10-12H2,1-2H3,(H,22,24)(H,23,25). The van der Waals surface area contributed by atoms with E-state index in [4.69, 9.17) is 16.3 Å². The van der Waals surface area contributed by atoms with E-state index in [1.54, 1.807) is 32.2 Å². The van der Waals surface area contributed by atoms with Gasteiger partial charge in [0.2, 0.25) is 0 Å². The minimum atomic E-state index is -0.725. The first kappa shape index (κ1) is 18.4. The van der Waals surface area contributed by atoms with Crippen LogP contribution in [0.25, 0.3) is 0 Å². The molecular formula is C20H21ClN2O3. The van der Waals surface area contributed by atoms with Crippen molar-refractivity contribution < 1.29 is 14.3 Å². The highest BCUT2D eigenvalue weighted by Crippen LogP contribution is 2.32. The van der Waals surface area contributed by atoms with E-state index in [-0.39, 0.29) is 6.54 Å². The average Bonchev–Trinajstić information content (AvgIpc) is 3.02. The fraction of sp³-hybridized carbons (Fsp3) is 0.300. The van der Waals surface area contributed by atoms with Gasteiger partial charge in [0.25, 0.3) is 0 Å². The predicted octanol–water partition coefficient (Wildman–Crippen LogP) is 2.89. The fourth-order valence-electron chi connectivity index (χ4n) is 3.24. The van der Waals surface area contributed by atoms with Crippen molar-refractivity contribution in [3.63, 3.8) is 0 Å². The molecule has 6 heteroatoms. The third-order valence-corrected chi connectivity index (χ3v) is 5.28. The Morgan fingerprint density at radius 2 is 1.73 bits per heavy atom. The van der Waals surface area contributed by atoms with Crippen LogP contribution in [0.15, 0.2) is 42.5 Å². The SMILES string of the molecule is COC1(CNC(=O)C(=O)Nc2cccc(Cl)c2C)Cc2ccccc2C1. The molecule has 0 fully saturated rings. The van der Waals surface area contributed by atoms with E-state index in [0.717, 1.165) is 5.56 Å². The summed E-state index contributed by atoms with van der Waals surface area (Å²) in [5, 5.41) is 5.83. The van der Waals surface area contributed by atoms with Gasteiger partial charge in [0.05, 0.1) is 5.60 Å². The molecule has 0 atom stereocenters. The predicted molar refractivity (Wildman–Crippen MR) is 101 cm³/mol. The molecule has 0 spiro atoms. The number of hydrogen-bond acceptors (Lipinski definition) is 3. The third kappa shape index (κ3) is 3.74. The Morgan fingerprint density at radius 1 is 1.08 bits per heavy atom. The summed E-state index contributed by atoms with van der Waals surface area (Å²) < 4.78 is 5.70. The maximum Gasteiger partial charge on any atom is 0.313 e. The van der Waals surface area contributed by atoms with Gasteiger partial charge in [-0.15, -0.1) is 0 Å². The second kappa shape index (κ2) is 7.48. The molecule has 0 unspecified atom stereocenters. The average molecular weight is 373 g/mol. The van der Waals surface area contributed by atoms with Gasteiger partial charge in [-0.05, 0) is 35.7 Å². The molecule has 0 heterocycles. The number of hydrogen-bond donors (Lipinski definition) is 2. The molecule has 0 aromatic heterocycles. The molecule has 136 valence electrons. The van der Waals surface area contributed by atoms with Gasteiger partial charge in [-0.3, -0.25) is 9.59 Å². The molecule has 2 amide bonds. The molecule has 0 radical (unpaired) electrons. The number of fused-ring (bicyclic) bond motifs is 1. The lowest BCUT2D eigenvalue weighted by atomic mass is 10.00. The Kier molecular flexibility index (Phi) is 5.30. The fourth-order valence-corrected chi connectivity index (χ4v) is 3.42. The summed E-state index contributed by atoms with van der Waals surface area (Å²) in [5.74, 6) is -1.42. The van der Waals surface area contributed by atoms with Crippen molar-refractivity contribution in [2.75, 3.05) is 19.0 Å². The largest absolute Gasteiger partial charge is 0.376 e. The van der Waals surface area contributed by atoms with Crippen LogP contribution < -0.4 is 10.6 Å². The highest BCUT2D eigenvalue weighted by Gasteiger charge is 2.37. The van der Waals surface area contributed by atoms with Gasteiger partial charge in [0.15, 0.2) is 0 Å². The number of carbonyl (C=O) groups excluding carboxylic acids is 2. The molecule has 3 rings (SSSR count). The first-order valence-corrected chi connectivity index (χ1v) is 8.78. The number of halogens is 1. The molecule has 5 nitrogen and oxygen atoms in total. The summed E-state index contributed by atoms with van der Waals surface area (Å²) >= 11 is 6.04. The van der Waals surface area contributed by atoms with Gasteiger partial charge in [0.1, 0.15) is 0 Å². The lowest BCUT2D eigenvalue weighted by Crippen LogP contribution is -2.48. The van der Waals surface area contributed by atoms with Crippen LogP contribution >= 0.6 is 11.6 Å². The van der Waals surface area contributed by atoms with E-state index in [9.17, 15) is 9.59 Å². The summed E-state index contributed by atoms with van der Waals surface area (Å²) in [6.45, 7) is 2.05. The van der Waals surface area contributed by atoms with Crippen molar-refractivity contribution in [2.45, 2.75) is 25.4 Å². The lowest BCUT2D eigenvalue weighted by molar-refractivity contribution is -0.137. The number of methoxy groups -OCH3 is 1. The third-order valence-electron chi connectivity index (χ3n) is 4.87. The van der Waals surface area contributed by atoms with Crippen LogP contribution in [0.3, 0.4) is 0 Å². The van der Waals surface area contributed by atoms with Gasteiger partial charge >= 0.3 is 11.8 Å². The van der Waals surface area contributed by atoms with Crippen LogP contribution in [0.1, 0.15) is 16.7 Å². The number of carbonyl (C=O) groups is 2. The normalized spacial score (nSPS) is 14.6. The number of amides is 2. The van der Waals surface area contributed by atoms with E-state index in [1.807, 2.05) is 12.1 Å². The van der Waals surface area contributed by atoms with Crippen molar-refractivity contribution in [1.82, 2.24) is 5.32 Å². The molecule has 0 saturated carbocycles. The van der Waals surface area contributed by atoms with Gasteiger partial charge in [-0.1, -0.05) is 41.9 Å². The van der Waals surface area contributed by atoms with Crippen molar-refractivity contribution in [3.8, 4) is 0 Å². The summed E-state index contributed by atoms with van der Waals surface area (Å²) in [6, 6.07) is 13.3. The summed E-state index contributed by atoms with van der Waals surface area (Å²) in [7, 11) is 1.63. The quantitative estimate of drug-likeness (QED) is 0.811. The first-order valence-electron chi connectivity index (χ1n) is 8.40. The zero-order chi connectivity index (χ0) is 18.7. The monoisotopic (exact) mass is 372 g/mol. The highest BCUT2D eigenvalue weighted by molar-refractivity contribution is 6.40. The Balaban J connectivity index is 1.61. The topological polar surface area (TPSA) is 67.4 Å². The van der Waals surface area contributed by atoms with Crippen LogP contribution in [0.5, 0.6) is 0 Å². The molecule has 0 saturated heterocycles. The molecule has 1 aliphatic rings. The van der Waals surface area contributed by atoms with Crippen LogP contribution in [-0.4, -0.2) is 31.1 Å². The zero-order valence-corrected chi connectivity index (χ0v) is 15.5. The van der Waals surface area contributed by atoms with Crippen molar-refractivity contribution in [2.24, 2.45) is 0 Å². The van der Waals surface area contributed by atoms with Crippen molar-refractivity contribution in [3.05, 3.63) is 64.2 Å². The van der Waals surface area contributed by atoms with Gasteiger partial charge in [-0.25, -0.2) is 0 Å². The molecule has 26 heavy (non-hydrogen) atoms. The highest BCUT2D eigenvalue weighted by atomic mass is 35.5. The number of anilines is 1. The lowest BCUT2D eigenvalue weighted by Gasteiger charge is -2.27. The van der Waals surface area contributed by atoms with Crippen LogP contribution in [-0.2, 0) is 27.2 Å². The first-order chi connectivity index (χ1) is 12.4. The minimum absolute atomic E-state index is 0.263. The molecule has 2 N–H and O–H groups in total. The maximum absolute atomic E-state index is 12.2. The van der Waals surface area contributed by atoms with Gasteiger partial charge in [-0.2, -0.15) is 0 Å². The van der Waals surface area contributed by atoms with Crippen LogP contribution in [0, 0.1) is 6.92 Å². The van der Waals surface area contributed by atoms with E-state index in [1.165, 1.54) is 11.1 Å². The molecule has 2 aromatic rings. The van der Waals surface area contributed by atoms with E-state index in [2.05, 4.69) is 22.8 Å². The summed E-state index contributed by atoms with van der Waals surface area (Å²) in [4.78, 5) is 24.4. The summed E-state index contributed by atoms with van der Waals surface area (Å²) in [6.07, 6.45) is 1.41. The zero-order valence-electron chi connectivity index (χ0n) is 14.8. The minimum Gasteiger partial charge on any atom is -0.376 e. The van der Waals surface area contributed by atoms with Gasteiger partial charge < -0.3 is 15.4 Å². The Labute approximate surface area is 157 Å². The van der Waals surface area contributed by atoms with E-state index in [0.29, 0.717) is 23.6 Å². The Hall–Kier alpha value is -2.37. The van der Waals surface area contributed by atoms with Crippen LogP contribution in [0.2, 0.25) is 5.02 Å². The number of benzene rings is 2. The maximum atomic E-state index is 12.2. The van der Waals surface area contributed by atoms with E-state index >= 15 is 0 Å². The Bertz CT molecular complexity index is 826. The molecular weight excluding hydrogens is 352 g/mol. The number of nitrogens with one attached hydrogen (secondary N) is 2. The van der Waals surface area contributed by atoms with Crippen molar-refractivity contribution in [1.29, 1.82) is 0 Å².